The van der Waals surface area contributed by atoms with E-state index in [9.17, 15) is 4.79 Å². The molecule has 2 rings (SSSR count). The van der Waals surface area contributed by atoms with Crippen molar-refractivity contribution in [3.8, 4) is 5.75 Å². The topological polar surface area (TPSA) is 73.6 Å². The van der Waals surface area contributed by atoms with Crippen LogP contribution < -0.4 is 15.8 Å². The van der Waals surface area contributed by atoms with Crippen LogP contribution in [-0.2, 0) is 9.53 Å². The molecule has 1 atom stereocenters. The van der Waals surface area contributed by atoms with Gasteiger partial charge in [-0.25, -0.2) is 0 Å². The molecule has 1 amide bonds. The Morgan fingerprint density at radius 3 is 3.16 bits per heavy atom. The van der Waals surface area contributed by atoms with Crippen molar-refractivity contribution < 1.29 is 14.3 Å². The number of hydrogen-bond donors (Lipinski definition) is 2. The highest BCUT2D eigenvalue weighted by Crippen LogP contribution is 2.14. The van der Waals surface area contributed by atoms with Crippen molar-refractivity contribution in [2.45, 2.75) is 12.8 Å². The van der Waals surface area contributed by atoms with E-state index in [4.69, 9.17) is 15.2 Å². The minimum absolute atomic E-state index is 0.0109. The molecule has 0 spiro atoms. The number of nitrogens with two attached hydrogens (primary N) is 1. The van der Waals surface area contributed by atoms with Gasteiger partial charge < -0.3 is 20.5 Å². The van der Waals surface area contributed by atoms with Crippen molar-refractivity contribution in [3.63, 3.8) is 0 Å². The number of carbonyl (C=O) groups excluding carboxylic acids is 1. The van der Waals surface area contributed by atoms with Crippen LogP contribution in [0.2, 0.25) is 0 Å². The zero-order valence-electron chi connectivity index (χ0n) is 10.9. The van der Waals surface area contributed by atoms with Crippen LogP contribution >= 0.6 is 0 Å². The maximum absolute atomic E-state index is 11.6. The normalized spacial score (nSPS) is 18.8. The van der Waals surface area contributed by atoms with Crippen molar-refractivity contribution in [2.75, 3.05) is 32.1 Å². The van der Waals surface area contributed by atoms with Gasteiger partial charge in [0.2, 0.25) is 0 Å². The van der Waals surface area contributed by atoms with Crippen molar-refractivity contribution >= 4 is 11.6 Å². The van der Waals surface area contributed by atoms with Gasteiger partial charge in [-0.3, -0.25) is 4.79 Å². The molecule has 1 heterocycles. The van der Waals surface area contributed by atoms with Crippen LogP contribution in [0.3, 0.4) is 0 Å². The van der Waals surface area contributed by atoms with Gasteiger partial charge in [-0.2, -0.15) is 0 Å². The smallest absolute Gasteiger partial charge is 0.257 e. The van der Waals surface area contributed by atoms with Gasteiger partial charge in [0.05, 0.1) is 6.61 Å². The molecule has 0 bridgehead atoms. The second kappa shape index (κ2) is 6.99. The minimum atomic E-state index is -0.118. The number of carbonyl (C=O) groups is 1. The lowest BCUT2D eigenvalue weighted by Gasteiger charge is -2.22. The lowest BCUT2D eigenvalue weighted by atomic mass is 10.0. The first-order chi connectivity index (χ1) is 9.24. The molecular weight excluding hydrogens is 244 g/mol. The van der Waals surface area contributed by atoms with Crippen molar-refractivity contribution in [3.05, 3.63) is 24.3 Å². The van der Waals surface area contributed by atoms with Gasteiger partial charge in [-0.05, 0) is 30.9 Å². The fourth-order valence-corrected chi connectivity index (χ4v) is 2.03. The fraction of sp³-hybridized carbons (Fsp3) is 0.500. The number of ether oxygens (including phenoxy) is 2. The summed E-state index contributed by atoms with van der Waals surface area (Å²) in [4.78, 5) is 11.6. The Kier molecular flexibility index (Phi) is 5.03. The van der Waals surface area contributed by atoms with Crippen molar-refractivity contribution in [1.82, 2.24) is 5.32 Å². The molecular formula is C14H20N2O3. The first-order valence-corrected chi connectivity index (χ1v) is 6.57. The molecule has 0 aromatic heterocycles. The number of amides is 1. The summed E-state index contributed by atoms with van der Waals surface area (Å²) in [7, 11) is 0. The summed E-state index contributed by atoms with van der Waals surface area (Å²) in [5.74, 6) is 0.911. The Bertz CT molecular complexity index is 417. The maximum Gasteiger partial charge on any atom is 0.257 e. The van der Waals surface area contributed by atoms with E-state index in [1.165, 1.54) is 0 Å². The summed E-state index contributed by atoms with van der Waals surface area (Å²) in [6.45, 7) is 2.23. The molecule has 1 aromatic carbocycles. The van der Waals surface area contributed by atoms with Crippen LogP contribution in [0.1, 0.15) is 12.8 Å². The van der Waals surface area contributed by atoms with Gasteiger partial charge in [0.1, 0.15) is 5.75 Å². The molecule has 1 unspecified atom stereocenters. The van der Waals surface area contributed by atoms with E-state index >= 15 is 0 Å². The lowest BCUT2D eigenvalue weighted by molar-refractivity contribution is -0.123. The number of nitrogens with one attached hydrogen (secondary N) is 1. The molecule has 0 radical (unpaired) electrons. The van der Waals surface area contributed by atoms with E-state index in [1.807, 2.05) is 0 Å². The SMILES string of the molecule is Nc1cccc(OCC(=O)NCC2CCCOC2)c1. The Hall–Kier alpha value is -1.75. The molecule has 0 saturated carbocycles. The number of benzene rings is 1. The van der Waals surface area contributed by atoms with Crippen LogP contribution in [0.15, 0.2) is 24.3 Å². The maximum atomic E-state index is 11.6. The Morgan fingerprint density at radius 2 is 2.42 bits per heavy atom. The van der Waals surface area contributed by atoms with Gasteiger partial charge in [0.25, 0.3) is 5.91 Å². The van der Waals surface area contributed by atoms with E-state index in [0.29, 0.717) is 23.9 Å². The molecule has 5 heteroatoms. The van der Waals surface area contributed by atoms with E-state index < -0.39 is 0 Å². The molecule has 104 valence electrons. The van der Waals surface area contributed by atoms with Gasteiger partial charge in [-0.1, -0.05) is 6.07 Å². The standard InChI is InChI=1S/C14H20N2O3/c15-12-4-1-5-13(7-12)19-10-14(17)16-8-11-3-2-6-18-9-11/h1,4-5,7,11H,2-3,6,8-10,15H2,(H,16,17). The Labute approximate surface area is 113 Å². The molecule has 1 fully saturated rings. The number of rotatable bonds is 5. The largest absolute Gasteiger partial charge is 0.484 e. The number of nitrogen functional groups attached to an aromatic ring is 1. The molecule has 1 aromatic rings. The van der Waals surface area contributed by atoms with E-state index in [-0.39, 0.29) is 12.5 Å². The minimum Gasteiger partial charge on any atom is -0.484 e. The molecule has 5 nitrogen and oxygen atoms in total. The zero-order chi connectivity index (χ0) is 13.5. The molecule has 0 aliphatic carbocycles. The van der Waals surface area contributed by atoms with E-state index in [0.717, 1.165) is 26.1 Å². The predicted molar refractivity (Wildman–Crippen MR) is 72.9 cm³/mol. The molecule has 3 N–H and O–H groups in total. The van der Waals surface area contributed by atoms with Gasteiger partial charge >= 0.3 is 0 Å². The van der Waals surface area contributed by atoms with Crippen LogP contribution in [0, 0.1) is 5.92 Å². The average molecular weight is 264 g/mol. The molecule has 1 aliphatic rings. The fourth-order valence-electron chi connectivity index (χ4n) is 2.03. The van der Waals surface area contributed by atoms with Gasteiger partial charge in [-0.15, -0.1) is 0 Å². The highest BCUT2D eigenvalue weighted by atomic mass is 16.5. The monoisotopic (exact) mass is 264 g/mol. The van der Waals surface area contributed by atoms with Crippen molar-refractivity contribution in [2.24, 2.45) is 5.92 Å². The third-order valence-corrected chi connectivity index (χ3v) is 3.07. The third-order valence-electron chi connectivity index (χ3n) is 3.07. The Morgan fingerprint density at radius 1 is 1.53 bits per heavy atom. The summed E-state index contributed by atoms with van der Waals surface area (Å²) in [5, 5.41) is 2.86. The summed E-state index contributed by atoms with van der Waals surface area (Å²) in [6.07, 6.45) is 2.18. The number of anilines is 1. The molecule has 19 heavy (non-hydrogen) atoms. The first kappa shape index (κ1) is 13.7. The average Bonchev–Trinajstić information content (AvgIpc) is 2.44. The molecule has 1 saturated heterocycles. The quantitative estimate of drug-likeness (QED) is 0.783. The molecule has 1 aliphatic heterocycles. The highest BCUT2D eigenvalue weighted by Gasteiger charge is 2.14. The Balaban J connectivity index is 1.66. The summed E-state index contributed by atoms with van der Waals surface area (Å²) >= 11 is 0. The van der Waals surface area contributed by atoms with Crippen molar-refractivity contribution in [1.29, 1.82) is 0 Å². The van der Waals surface area contributed by atoms with Gasteiger partial charge in [0.15, 0.2) is 6.61 Å². The first-order valence-electron chi connectivity index (χ1n) is 6.57. The predicted octanol–water partition coefficient (Wildman–Crippen LogP) is 1.19. The lowest BCUT2D eigenvalue weighted by Crippen LogP contribution is -2.35. The van der Waals surface area contributed by atoms with Gasteiger partial charge in [0, 0.05) is 24.9 Å². The zero-order valence-corrected chi connectivity index (χ0v) is 10.9. The second-order valence-electron chi connectivity index (χ2n) is 4.75. The summed E-state index contributed by atoms with van der Waals surface area (Å²) in [6, 6.07) is 7.04. The number of hydrogen-bond acceptors (Lipinski definition) is 4. The van der Waals surface area contributed by atoms with E-state index in [2.05, 4.69) is 5.32 Å². The van der Waals surface area contributed by atoms with Crippen LogP contribution in [-0.4, -0.2) is 32.3 Å². The highest BCUT2D eigenvalue weighted by molar-refractivity contribution is 5.77. The summed E-state index contributed by atoms with van der Waals surface area (Å²) in [5.41, 5.74) is 6.25. The van der Waals surface area contributed by atoms with Crippen LogP contribution in [0.4, 0.5) is 5.69 Å². The third kappa shape index (κ3) is 4.79. The van der Waals surface area contributed by atoms with Crippen LogP contribution in [0.5, 0.6) is 5.75 Å². The van der Waals surface area contributed by atoms with Crippen LogP contribution in [0.25, 0.3) is 0 Å². The second-order valence-corrected chi connectivity index (χ2v) is 4.75. The summed E-state index contributed by atoms with van der Waals surface area (Å²) < 4.78 is 10.7. The van der Waals surface area contributed by atoms with E-state index in [1.54, 1.807) is 24.3 Å².